The molecule has 0 atom stereocenters. The molecule has 0 spiro atoms. The highest BCUT2D eigenvalue weighted by molar-refractivity contribution is 5.79. The zero-order valence-electron chi connectivity index (χ0n) is 16.7. The van der Waals surface area contributed by atoms with E-state index >= 15 is 0 Å². The zero-order valence-corrected chi connectivity index (χ0v) is 16.7. The van der Waals surface area contributed by atoms with Crippen molar-refractivity contribution in [2.45, 2.75) is 39.2 Å². The number of piperidine rings is 2. The zero-order chi connectivity index (χ0) is 19.4. The largest absolute Gasteiger partial charge is 0.502 e. The molecule has 0 aliphatic carbocycles. The first kappa shape index (κ1) is 19.8. The van der Waals surface area contributed by atoms with E-state index in [2.05, 4.69) is 16.7 Å². The Bertz CT molecular complexity index is 623. The molecule has 0 unspecified atom stereocenters. The molecule has 2 fully saturated rings. The first-order valence-electron chi connectivity index (χ1n) is 9.96. The number of phenols is 1. The number of likely N-dealkylation sites (tertiary alicyclic amines) is 2. The maximum atomic E-state index is 12.8. The lowest BCUT2D eigenvalue weighted by Gasteiger charge is -2.36. The van der Waals surface area contributed by atoms with E-state index in [0.29, 0.717) is 17.4 Å². The Labute approximate surface area is 162 Å². The number of hydrogen-bond donors (Lipinski definition) is 1. The quantitative estimate of drug-likeness (QED) is 0.856. The molecule has 2 saturated heterocycles. The van der Waals surface area contributed by atoms with E-state index in [-0.39, 0.29) is 11.7 Å². The Morgan fingerprint density at radius 3 is 2.11 bits per heavy atom. The smallest absolute Gasteiger partial charge is 0.225 e. The molecule has 2 heterocycles. The second kappa shape index (κ2) is 8.83. The monoisotopic (exact) mass is 376 g/mol. The van der Waals surface area contributed by atoms with Gasteiger partial charge < -0.3 is 19.5 Å². The first-order chi connectivity index (χ1) is 13.0. The minimum Gasteiger partial charge on any atom is -0.502 e. The molecular formula is C21H32N2O4. The number of methoxy groups -OCH3 is 2. The van der Waals surface area contributed by atoms with Crippen LogP contribution < -0.4 is 9.47 Å². The number of nitrogens with zero attached hydrogens (tertiary/aromatic N) is 2. The Morgan fingerprint density at radius 1 is 1.04 bits per heavy atom. The van der Waals surface area contributed by atoms with Crippen LogP contribution in [0.3, 0.4) is 0 Å². The van der Waals surface area contributed by atoms with Crippen LogP contribution in [0.4, 0.5) is 0 Å². The van der Waals surface area contributed by atoms with Crippen LogP contribution in [-0.2, 0) is 11.3 Å². The van der Waals surface area contributed by atoms with Gasteiger partial charge in [0, 0.05) is 25.6 Å². The molecule has 1 amide bonds. The van der Waals surface area contributed by atoms with Gasteiger partial charge in [0.05, 0.1) is 14.2 Å². The van der Waals surface area contributed by atoms with Gasteiger partial charge in [0.1, 0.15) is 0 Å². The molecule has 27 heavy (non-hydrogen) atoms. The number of hydrogen-bond acceptors (Lipinski definition) is 5. The maximum Gasteiger partial charge on any atom is 0.225 e. The topological polar surface area (TPSA) is 62.2 Å². The Balaban J connectivity index is 1.54. The third-order valence-electron chi connectivity index (χ3n) is 5.98. The number of phenolic OH excluding ortho intramolecular Hbond substituents is 1. The summed E-state index contributed by atoms with van der Waals surface area (Å²) in [5.74, 6) is 2.15. The molecule has 1 aromatic rings. The van der Waals surface area contributed by atoms with Gasteiger partial charge in [0.25, 0.3) is 0 Å². The summed E-state index contributed by atoms with van der Waals surface area (Å²) in [6.45, 7) is 6.70. The minimum absolute atomic E-state index is 0.0314. The molecule has 0 saturated carbocycles. The van der Waals surface area contributed by atoms with Gasteiger partial charge in [-0.05, 0) is 62.4 Å². The number of rotatable bonds is 5. The Kier molecular flexibility index (Phi) is 6.47. The van der Waals surface area contributed by atoms with Crippen LogP contribution >= 0.6 is 0 Å². The average Bonchev–Trinajstić information content (AvgIpc) is 2.69. The fourth-order valence-corrected chi connectivity index (χ4v) is 4.12. The highest BCUT2D eigenvalue weighted by atomic mass is 16.5. The number of carbonyl (C=O) groups excluding carboxylic acids is 1. The highest BCUT2D eigenvalue weighted by Gasteiger charge is 2.30. The normalized spacial score (nSPS) is 19.9. The molecule has 2 aliphatic heterocycles. The van der Waals surface area contributed by atoms with Gasteiger partial charge in [-0.15, -0.1) is 0 Å². The van der Waals surface area contributed by atoms with Crippen molar-refractivity contribution in [2.24, 2.45) is 11.8 Å². The van der Waals surface area contributed by atoms with Gasteiger partial charge in [0.15, 0.2) is 11.5 Å². The minimum atomic E-state index is 0.0314. The van der Waals surface area contributed by atoms with Crippen molar-refractivity contribution in [1.82, 2.24) is 9.80 Å². The van der Waals surface area contributed by atoms with Crippen LogP contribution in [0.2, 0.25) is 0 Å². The standard InChI is InChI=1S/C21H32N2O4/c1-15-4-10-23(11-5-15)21(25)17-6-8-22(9-7-17)14-16-12-18(26-2)20(24)19(13-16)27-3/h12-13,15,17,24H,4-11,14H2,1-3H3. The van der Waals surface area contributed by atoms with E-state index in [1.165, 1.54) is 14.2 Å². The fourth-order valence-electron chi connectivity index (χ4n) is 4.12. The number of carbonyl (C=O) groups is 1. The van der Waals surface area contributed by atoms with Crippen molar-refractivity contribution >= 4 is 5.91 Å². The van der Waals surface area contributed by atoms with Gasteiger partial charge in [-0.25, -0.2) is 0 Å². The fraction of sp³-hybridized carbons (Fsp3) is 0.667. The lowest BCUT2D eigenvalue weighted by atomic mass is 9.92. The lowest BCUT2D eigenvalue weighted by Crippen LogP contribution is -2.45. The average molecular weight is 376 g/mol. The van der Waals surface area contributed by atoms with Gasteiger partial charge >= 0.3 is 0 Å². The summed E-state index contributed by atoms with van der Waals surface area (Å²) in [4.78, 5) is 17.2. The second-order valence-corrected chi connectivity index (χ2v) is 7.91. The van der Waals surface area contributed by atoms with E-state index in [9.17, 15) is 9.90 Å². The first-order valence-corrected chi connectivity index (χ1v) is 9.96. The van der Waals surface area contributed by atoms with Crippen molar-refractivity contribution in [2.75, 3.05) is 40.4 Å². The molecule has 6 nitrogen and oxygen atoms in total. The number of ether oxygens (including phenoxy) is 2. The van der Waals surface area contributed by atoms with Gasteiger partial charge in [-0.1, -0.05) is 6.92 Å². The van der Waals surface area contributed by atoms with E-state index in [4.69, 9.17) is 9.47 Å². The van der Waals surface area contributed by atoms with Crippen molar-refractivity contribution in [3.63, 3.8) is 0 Å². The van der Waals surface area contributed by atoms with Crippen LogP contribution in [0.1, 0.15) is 38.2 Å². The van der Waals surface area contributed by atoms with E-state index in [0.717, 1.165) is 69.9 Å². The van der Waals surface area contributed by atoms with E-state index in [1.54, 1.807) is 0 Å². The Morgan fingerprint density at radius 2 is 1.59 bits per heavy atom. The SMILES string of the molecule is COc1cc(CN2CCC(C(=O)N3CCC(C)CC3)CC2)cc(OC)c1O. The van der Waals surface area contributed by atoms with Crippen LogP contribution in [0.15, 0.2) is 12.1 Å². The van der Waals surface area contributed by atoms with Gasteiger partial charge in [-0.2, -0.15) is 0 Å². The van der Waals surface area contributed by atoms with Crippen molar-refractivity contribution in [1.29, 1.82) is 0 Å². The predicted octanol–water partition coefficient (Wildman–Crippen LogP) is 2.88. The summed E-state index contributed by atoms with van der Waals surface area (Å²) < 4.78 is 10.5. The van der Waals surface area contributed by atoms with Crippen LogP contribution in [0.5, 0.6) is 17.2 Å². The second-order valence-electron chi connectivity index (χ2n) is 7.91. The maximum absolute atomic E-state index is 12.8. The molecule has 0 radical (unpaired) electrons. The molecular weight excluding hydrogens is 344 g/mol. The van der Waals surface area contributed by atoms with Gasteiger partial charge in [-0.3, -0.25) is 9.69 Å². The third-order valence-corrected chi connectivity index (χ3v) is 5.98. The van der Waals surface area contributed by atoms with Crippen molar-refractivity contribution in [3.05, 3.63) is 17.7 Å². The number of benzene rings is 1. The molecule has 150 valence electrons. The van der Waals surface area contributed by atoms with E-state index < -0.39 is 0 Å². The molecule has 1 aromatic carbocycles. The summed E-state index contributed by atoms with van der Waals surface area (Å²) in [5, 5.41) is 10.0. The van der Waals surface area contributed by atoms with Crippen LogP contribution in [0.25, 0.3) is 0 Å². The molecule has 3 rings (SSSR count). The lowest BCUT2D eigenvalue weighted by molar-refractivity contribution is -0.138. The van der Waals surface area contributed by atoms with Gasteiger partial charge in [0.2, 0.25) is 11.7 Å². The summed E-state index contributed by atoms with van der Waals surface area (Å²) in [5.41, 5.74) is 1.04. The molecule has 0 bridgehead atoms. The number of aromatic hydroxyl groups is 1. The third kappa shape index (κ3) is 4.67. The molecule has 6 heteroatoms. The number of amides is 1. The van der Waals surface area contributed by atoms with Crippen LogP contribution in [0, 0.1) is 11.8 Å². The van der Waals surface area contributed by atoms with Crippen molar-refractivity contribution < 1.29 is 19.4 Å². The summed E-state index contributed by atoms with van der Waals surface area (Å²) >= 11 is 0. The molecule has 2 aliphatic rings. The predicted molar refractivity (Wildman–Crippen MR) is 104 cm³/mol. The Hall–Kier alpha value is -1.95. The van der Waals surface area contributed by atoms with E-state index in [1.807, 2.05) is 12.1 Å². The molecule has 1 N–H and O–H groups in total. The summed E-state index contributed by atoms with van der Waals surface area (Å²) in [7, 11) is 3.08. The van der Waals surface area contributed by atoms with Crippen LogP contribution in [-0.4, -0.2) is 61.2 Å². The molecule has 0 aromatic heterocycles. The summed E-state index contributed by atoms with van der Waals surface area (Å²) in [6, 6.07) is 3.70. The highest BCUT2D eigenvalue weighted by Crippen LogP contribution is 2.37. The van der Waals surface area contributed by atoms with Crippen molar-refractivity contribution in [3.8, 4) is 17.2 Å². The summed E-state index contributed by atoms with van der Waals surface area (Å²) in [6.07, 6.45) is 4.10.